The van der Waals surface area contributed by atoms with E-state index < -0.39 is 5.41 Å². The Morgan fingerprint density at radius 2 is 1.08 bits per heavy atom. The summed E-state index contributed by atoms with van der Waals surface area (Å²) in [7, 11) is 0. The van der Waals surface area contributed by atoms with Crippen molar-refractivity contribution in [3.63, 3.8) is 0 Å². The van der Waals surface area contributed by atoms with Gasteiger partial charge in [0.05, 0.1) is 40.3 Å². The van der Waals surface area contributed by atoms with E-state index in [1.165, 1.54) is 65.7 Å². The van der Waals surface area contributed by atoms with E-state index in [0.29, 0.717) is 0 Å². The fourth-order valence-corrected chi connectivity index (χ4v) is 14.3. The molecule has 0 saturated heterocycles. The Morgan fingerprint density at radius 3 is 1.86 bits per heavy atom. The molecule has 9 aromatic carbocycles. The Labute approximate surface area is 450 Å². The van der Waals surface area contributed by atoms with Crippen molar-refractivity contribution in [1.29, 1.82) is 0 Å². The van der Waals surface area contributed by atoms with Crippen molar-refractivity contribution in [2.24, 2.45) is 0 Å². The number of thiophene rings is 1. The number of benzene rings is 9. The number of rotatable bonds is 7. The zero-order valence-corrected chi connectivity index (χ0v) is 43.5. The number of para-hydroxylation sites is 2. The zero-order chi connectivity index (χ0) is 51.1. The van der Waals surface area contributed by atoms with Gasteiger partial charge in [-0.2, -0.15) is 0 Å². The lowest BCUT2D eigenvalue weighted by atomic mass is 9.65. The van der Waals surface area contributed by atoms with E-state index in [4.69, 9.17) is 8.83 Å². The third-order valence-electron chi connectivity index (χ3n) is 16.9. The van der Waals surface area contributed by atoms with Crippen LogP contribution in [0.2, 0.25) is 0 Å². The van der Waals surface area contributed by atoms with Crippen LogP contribution in [0.15, 0.2) is 251 Å². The van der Waals surface area contributed by atoms with Crippen LogP contribution in [0, 0.1) is 6.92 Å². The van der Waals surface area contributed by atoms with E-state index >= 15 is 0 Å². The Hall–Kier alpha value is -9.36. The second-order valence-corrected chi connectivity index (χ2v) is 22.3. The molecule has 13 aromatic rings. The second-order valence-electron chi connectivity index (χ2n) is 21.4. The largest absolute Gasteiger partial charge is 0.461 e. The van der Waals surface area contributed by atoms with Gasteiger partial charge in [0, 0.05) is 60.6 Å². The number of hydrogen-bond acceptors (Lipinski definition) is 5. The molecule has 0 atom stereocenters. The normalized spacial score (nSPS) is 14.1. The molecule has 77 heavy (non-hydrogen) atoms. The van der Waals surface area contributed by atoms with Crippen LogP contribution in [0.4, 0.5) is 34.1 Å². The molecule has 0 N–H and O–H groups in total. The van der Waals surface area contributed by atoms with Crippen LogP contribution in [0.5, 0.6) is 0 Å². The summed E-state index contributed by atoms with van der Waals surface area (Å²) >= 11 is 1.79. The topological polar surface area (TPSA) is 37.7 Å². The third kappa shape index (κ3) is 6.22. The predicted molar refractivity (Wildman–Crippen MR) is 317 cm³/mol. The summed E-state index contributed by atoms with van der Waals surface area (Å²) in [6.07, 6.45) is 3.65. The van der Waals surface area contributed by atoms with Crippen LogP contribution >= 0.6 is 11.3 Å². The number of anilines is 6. The van der Waals surface area contributed by atoms with E-state index in [9.17, 15) is 0 Å². The van der Waals surface area contributed by atoms with Gasteiger partial charge in [-0.1, -0.05) is 141 Å². The van der Waals surface area contributed by atoms with Crippen LogP contribution in [0.1, 0.15) is 52.8 Å². The van der Waals surface area contributed by atoms with E-state index in [0.717, 1.165) is 79.1 Å². The van der Waals surface area contributed by atoms with Crippen LogP contribution in [-0.2, 0) is 10.8 Å². The summed E-state index contributed by atoms with van der Waals surface area (Å²) in [4.78, 5) is 6.16. The van der Waals surface area contributed by atoms with Crippen molar-refractivity contribution < 1.29 is 8.83 Å². The summed E-state index contributed by atoms with van der Waals surface area (Å²) in [5.74, 6) is 1.55. The molecule has 0 unspecified atom stereocenters. The van der Waals surface area contributed by atoms with Crippen LogP contribution in [0.25, 0.3) is 71.7 Å². The lowest BCUT2D eigenvalue weighted by Gasteiger charge is -2.44. The molecule has 0 bridgehead atoms. The van der Waals surface area contributed by atoms with Crippen LogP contribution in [-0.4, -0.2) is 4.57 Å². The van der Waals surface area contributed by atoms with Gasteiger partial charge in [-0.3, -0.25) is 0 Å². The Kier molecular flexibility index (Phi) is 9.32. The quantitative estimate of drug-likeness (QED) is 0.159. The summed E-state index contributed by atoms with van der Waals surface area (Å²) in [5, 5.41) is 4.59. The predicted octanol–water partition coefficient (Wildman–Crippen LogP) is 19.6. The molecule has 0 saturated carbocycles. The number of nitrogens with zero attached hydrogens (tertiary/aromatic N) is 3. The second kappa shape index (κ2) is 16.3. The van der Waals surface area contributed by atoms with Crippen molar-refractivity contribution >= 4 is 67.3 Å². The summed E-state index contributed by atoms with van der Waals surface area (Å²) in [6, 6.07) is 83.1. The van der Waals surface area contributed by atoms with Gasteiger partial charge in [0.2, 0.25) is 0 Å². The van der Waals surface area contributed by atoms with Crippen molar-refractivity contribution in [3.8, 4) is 49.9 Å². The molecule has 1 aliphatic heterocycles. The molecular formula is C71H49N3O2S. The van der Waals surface area contributed by atoms with Gasteiger partial charge in [0.15, 0.2) is 11.5 Å². The molecule has 1 spiro atoms. The molecule has 0 amide bonds. The Balaban J connectivity index is 0.938. The molecule has 4 aromatic heterocycles. The Morgan fingerprint density at radius 1 is 0.429 bits per heavy atom. The minimum Gasteiger partial charge on any atom is -0.461 e. The highest BCUT2D eigenvalue weighted by Crippen LogP contribution is 2.65. The fraction of sp³-hybridized carbons (Fsp3) is 0.0704. The molecule has 6 heteroatoms. The number of fused-ring (bicyclic) bond motifs is 15. The minimum absolute atomic E-state index is 0.165. The smallest absolute Gasteiger partial charge is 0.174 e. The summed E-state index contributed by atoms with van der Waals surface area (Å²) in [5.41, 5.74) is 23.6. The summed E-state index contributed by atoms with van der Waals surface area (Å²) in [6.45, 7) is 6.89. The lowest BCUT2D eigenvalue weighted by molar-refractivity contribution is 0.525. The number of aromatic nitrogens is 1. The van der Waals surface area contributed by atoms with E-state index in [-0.39, 0.29) is 5.41 Å². The van der Waals surface area contributed by atoms with Gasteiger partial charge in [-0.15, -0.1) is 11.3 Å². The highest BCUT2D eigenvalue weighted by Gasteiger charge is 2.55. The molecule has 5 nitrogen and oxygen atoms in total. The first-order valence-electron chi connectivity index (χ1n) is 26.4. The van der Waals surface area contributed by atoms with Gasteiger partial charge in [0.1, 0.15) is 0 Å². The average molecular weight is 1010 g/mol. The first kappa shape index (κ1) is 44.0. The monoisotopic (exact) mass is 1010 g/mol. The van der Waals surface area contributed by atoms with Gasteiger partial charge in [-0.05, 0) is 165 Å². The average Bonchev–Trinajstić information content (AvgIpc) is 4.53. The van der Waals surface area contributed by atoms with Gasteiger partial charge in [0.25, 0.3) is 0 Å². The van der Waals surface area contributed by atoms with E-state index in [2.05, 4.69) is 265 Å². The molecule has 0 radical (unpaired) electrons. The molecule has 2 aliphatic carbocycles. The fourth-order valence-electron chi connectivity index (χ4n) is 13.4. The molecule has 16 rings (SSSR count). The first-order valence-corrected chi connectivity index (χ1v) is 27.3. The third-order valence-corrected chi connectivity index (χ3v) is 18.0. The molecule has 0 fully saturated rings. The summed E-state index contributed by atoms with van der Waals surface area (Å²) < 4.78 is 15.3. The van der Waals surface area contributed by atoms with Gasteiger partial charge >= 0.3 is 0 Å². The first-order chi connectivity index (χ1) is 37.8. The highest BCUT2D eigenvalue weighted by molar-refractivity contribution is 7.13. The maximum Gasteiger partial charge on any atom is 0.174 e. The molecule has 5 heterocycles. The number of hydrogen-bond donors (Lipinski definition) is 0. The lowest BCUT2D eigenvalue weighted by Crippen LogP contribution is -2.36. The van der Waals surface area contributed by atoms with Crippen molar-refractivity contribution in [2.45, 2.75) is 31.6 Å². The zero-order valence-electron chi connectivity index (χ0n) is 42.7. The van der Waals surface area contributed by atoms with Crippen LogP contribution in [0.3, 0.4) is 0 Å². The maximum atomic E-state index is 6.43. The van der Waals surface area contributed by atoms with Crippen LogP contribution < -0.4 is 9.80 Å². The Bertz CT molecular complexity index is 4470. The maximum absolute atomic E-state index is 6.43. The van der Waals surface area contributed by atoms with Crippen molar-refractivity contribution in [3.05, 3.63) is 281 Å². The molecule has 366 valence electrons. The highest BCUT2D eigenvalue weighted by atomic mass is 32.1. The molecular weight excluding hydrogens is 959 g/mol. The van der Waals surface area contributed by atoms with E-state index in [1.807, 2.05) is 12.5 Å². The van der Waals surface area contributed by atoms with Gasteiger partial charge < -0.3 is 23.2 Å². The SMILES string of the molecule is Cc1csc(-c2ccc3c(c2)N(c2ccccc2)c2cc4c5ccccc5n(-c5cccc(N(c6ccc(-c7ccccc7)cc6)c6ccc7c(c6)C(C)(C)c6ccccc6-7)c5)c4cc2C32c3ccoc3-c3occc32)c1. The van der Waals surface area contributed by atoms with Crippen molar-refractivity contribution in [1.82, 2.24) is 4.57 Å². The van der Waals surface area contributed by atoms with Crippen molar-refractivity contribution in [2.75, 3.05) is 9.80 Å². The minimum atomic E-state index is -0.758. The van der Waals surface area contributed by atoms with Gasteiger partial charge in [-0.25, -0.2) is 0 Å². The standard InChI is InChI=1S/C71H49N3O2S/c1-44-37-67(77-43-44)47-27-32-58-65(38-47)73(48-17-8-5-9-18-48)66-41-56-55-22-11-13-24-63(55)74(64(56)42-62(66)71(58)59-33-35-75-68(59)69-60(71)34-36-76-69)51-20-14-19-50(39-51)72(49-28-25-46(26-29-49)45-15-6-4-7-16-45)52-30-31-54-53-21-10-12-23-57(53)70(2,3)61(54)40-52/h4-43H,1-3H3. The molecule has 3 aliphatic rings. The number of aryl methyl sites for hydroxylation is 1. The number of furan rings is 2. The van der Waals surface area contributed by atoms with E-state index in [1.54, 1.807) is 11.3 Å².